The summed E-state index contributed by atoms with van der Waals surface area (Å²) in [7, 11) is 2.03. The predicted octanol–water partition coefficient (Wildman–Crippen LogP) is 1.72. The van der Waals surface area contributed by atoms with Crippen molar-refractivity contribution in [3.8, 4) is 0 Å². The maximum atomic E-state index is 9.93. The highest BCUT2D eigenvalue weighted by atomic mass is 16.3. The third kappa shape index (κ3) is 3.72. The summed E-state index contributed by atoms with van der Waals surface area (Å²) in [5.74, 6) is 0. The van der Waals surface area contributed by atoms with Gasteiger partial charge in [-0.25, -0.2) is 0 Å². The van der Waals surface area contributed by atoms with Crippen LogP contribution in [0.25, 0.3) is 0 Å². The van der Waals surface area contributed by atoms with Crippen LogP contribution in [-0.2, 0) is 20.0 Å². The summed E-state index contributed by atoms with van der Waals surface area (Å²) >= 11 is 0. The summed E-state index contributed by atoms with van der Waals surface area (Å²) in [5.41, 5.74) is 2.40. The zero-order chi connectivity index (χ0) is 12.8. The molecule has 0 aliphatic heterocycles. The first-order chi connectivity index (χ1) is 8.75. The van der Waals surface area contributed by atoms with E-state index in [2.05, 4.69) is 16.0 Å². The van der Waals surface area contributed by atoms with Gasteiger partial charge in [-0.1, -0.05) is 30.3 Å². The highest BCUT2D eigenvalue weighted by Gasteiger charge is 2.05. The van der Waals surface area contributed by atoms with Crippen molar-refractivity contribution in [1.29, 1.82) is 0 Å². The fourth-order valence-electron chi connectivity index (χ4n) is 2.01. The van der Waals surface area contributed by atoms with Gasteiger partial charge in [0.2, 0.25) is 0 Å². The minimum Gasteiger partial charge on any atom is -0.391 e. The van der Waals surface area contributed by atoms with Crippen molar-refractivity contribution in [2.75, 3.05) is 6.54 Å². The van der Waals surface area contributed by atoms with E-state index in [0.717, 1.165) is 6.54 Å². The van der Waals surface area contributed by atoms with Crippen molar-refractivity contribution >= 4 is 0 Å². The molecule has 1 aromatic carbocycles. The van der Waals surface area contributed by atoms with E-state index in [0.29, 0.717) is 13.0 Å². The minimum atomic E-state index is -0.340. The van der Waals surface area contributed by atoms with Gasteiger partial charge in [-0.05, 0) is 24.1 Å². The highest BCUT2D eigenvalue weighted by molar-refractivity contribution is 5.15. The standard InChI is InChI=1S/C15H20N2O/c1-17-9-5-8-14(17)11-16-12-15(18)10-13-6-3-2-4-7-13/h2-9,15-16,18H,10-12H2,1H3. The molecular formula is C15H20N2O. The largest absolute Gasteiger partial charge is 0.391 e. The normalized spacial score (nSPS) is 12.6. The molecule has 0 saturated heterocycles. The molecule has 18 heavy (non-hydrogen) atoms. The van der Waals surface area contributed by atoms with Gasteiger partial charge in [0.25, 0.3) is 0 Å². The number of benzene rings is 1. The van der Waals surface area contributed by atoms with E-state index in [1.165, 1.54) is 11.3 Å². The molecule has 0 spiro atoms. The molecule has 3 nitrogen and oxygen atoms in total. The summed E-state index contributed by atoms with van der Waals surface area (Å²) in [6.45, 7) is 1.40. The Morgan fingerprint density at radius 3 is 2.61 bits per heavy atom. The zero-order valence-corrected chi connectivity index (χ0v) is 10.7. The lowest BCUT2D eigenvalue weighted by Gasteiger charge is -2.12. The Morgan fingerprint density at radius 2 is 1.94 bits per heavy atom. The molecule has 0 radical (unpaired) electrons. The monoisotopic (exact) mass is 244 g/mol. The third-order valence-electron chi connectivity index (χ3n) is 3.05. The van der Waals surface area contributed by atoms with Crippen LogP contribution in [0.1, 0.15) is 11.3 Å². The molecule has 3 heteroatoms. The molecule has 2 rings (SSSR count). The minimum absolute atomic E-state index is 0.340. The Labute approximate surface area is 108 Å². The molecule has 0 aliphatic rings. The highest BCUT2D eigenvalue weighted by Crippen LogP contribution is 2.03. The molecule has 1 heterocycles. The fourth-order valence-corrected chi connectivity index (χ4v) is 2.01. The number of aromatic nitrogens is 1. The van der Waals surface area contributed by atoms with Crippen LogP contribution in [0.15, 0.2) is 48.7 Å². The quantitative estimate of drug-likeness (QED) is 0.812. The fraction of sp³-hybridized carbons (Fsp3) is 0.333. The lowest BCUT2D eigenvalue weighted by Crippen LogP contribution is -2.28. The van der Waals surface area contributed by atoms with E-state index in [4.69, 9.17) is 0 Å². The van der Waals surface area contributed by atoms with Crippen molar-refractivity contribution in [3.63, 3.8) is 0 Å². The second-order valence-electron chi connectivity index (χ2n) is 4.58. The van der Waals surface area contributed by atoms with Gasteiger partial charge in [0.05, 0.1) is 6.10 Å². The van der Waals surface area contributed by atoms with E-state index in [1.807, 2.05) is 49.6 Å². The van der Waals surface area contributed by atoms with E-state index in [9.17, 15) is 5.11 Å². The smallest absolute Gasteiger partial charge is 0.0704 e. The third-order valence-corrected chi connectivity index (χ3v) is 3.05. The van der Waals surface area contributed by atoms with Crippen LogP contribution in [0.5, 0.6) is 0 Å². The van der Waals surface area contributed by atoms with Gasteiger partial charge in [-0.3, -0.25) is 0 Å². The molecule has 2 N–H and O–H groups in total. The van der Waals surface area contributed by atoms with Gasteiger partial charge in [-0.15, -0.1) is 0 Å². The summed E-state index contributed by atoms with van der Waals surface area (Å²) < 4.78 is 2.08. The SMILES string of the molecule is Cn1cccc1CNCC(O)Cc1ccccc1. The Hall–Kier alpha value is -1.58. The number of nitrogens with zero attached hydrogens (tertiary/aromatic N) is 1. The van der Waals surface area contributed by atoms with Crippen LogP contribution >= 0.6 is 0 Å². The number of aliphatic hydroxyl groups is 1. The topological polar surface area (TPSA) is 37.2 Å². The first kappa shape index (κ1) is 12.9. The Morgan fingerprint density at radius 1 is 1.17 bits per heavy atom. The maximum Gasteiger partial charge on any atom is 0.0704 e. The van der Waals surface area contributed by atoms with Crippen LogP contribution in [0.2, 0.25) is 0 Å². The average molecular weight is 244 g/mol. The number of aliphatic hydroxyl groups excluding tert-OH is 1. The van der Waals surface area contributed by atoms with Gasteiger partial charge < -0.3 is 15.0 Å². The first-order valence-corrected chi connectivity index (χ1v) is 6.28. The molecule has 1 atom stereocenters. The van der Waals surface area contributed by atoms with Crippen molar-refractivity contribution < 1.29 is 5.11 Å². The van der Waals surface area contributed by atoms with Crippen LogP contribution in [0.3, 0.4) is 0 Å². The van der Waals surface area contributed by atoms with Gasteiger partial charge in [0, 0.05) is 32.0 Å². The summed E-state index contributed by atoms with van der Waals surface area (Å²) in [6.07, 6.45) is 2.38. The summed E-state index contributed by atoms with van der Waals surface area (Å²) in [6, 6.07) is 14.2. The molecule has 0 bridgehead atoms. The van der Waals surface area contributed by atoms with Crippen LogP contribution in [0, 0.1) is 0 Å². The average Bonchev–Trinajstić information content (AvgIpc) is 2.76. The molecule has 0 saturated carbocycles. The predicted molar refractivity (Wildman–Crippen MR) is 73.3 cm³/mol. The van der Waals surface area contributed by atoms with E-state index >= 15 is 0 Å². The lowest BCUT2D eigenvalue weighted by atomic mass is 10.1. The van der Waals surface area contributed by atoms with Crippen LogP contribution in [0.4, 0.5) is 0 Å². The Kier molecular flexibility index (Phi) is 4.56. The van der Waals surface area contributed by atoms with Crippen molar-refractivity contribution in [3.05, 3.63) is 59.9 Å². The van der Waals surface area contributed by atoms with E-state index < -0.39 is 0 Å². The number of hydrogen-bond donors (Lipinski definition) is 2. The number of hydrogen-bond acceptors (Lipinski definition) is 2. The molecule has 1 unspecified atom stereocenters. The van der Waals surface area contributed by atoms with Crippen molar-refractivity contribution in [2.24, 2.45) is 7.05 Å². The van der Waals surface area contributed by atoms with Gasteiger partial charge in [-0.2, -0.15) is 0 Å². The van der Waals surface area contributed by atoms with Gasteiger partial charge >= 0.3 is 0 Å². The first-order valence-electron chi connectivity index (χ1n) is 6.28. The number of aryl methyl sites for hydroxylation is 1. The van der Waals surface area contributed by atoms with Crippen molar-refractivity contribution in [1.82, 2.24) is 9.88 Å². The van der Waals surface area contributed by atoms with E-state index in [1.54, 1.807) is 0 Å². The molecule has 1 aromatic heterocycles. The number of rotatable bonds is 6. The Bertz CT molecular complexity index is 464. The molecule has 96 valence electrons. The summed E-state index contributed by atoms with van der Waals surface area (Å²) in [4.78, 5) is 0. The maximum absolute atomic E-state index is 9.93. The molecule has 2 aromatic rings. The zero-order valence-electron chi connectivity index (χ0n) is 10.7. The second kappa shape index (κ2) is 6.38. The van der Waals surface area contributed by atoms with Gasteiger partial charge in [0.15, 0.2) is 0 Å². The molecule has 0 aliphatic carbocycles. The molecular weight excluding hydrogens is 224 g/mol. The lowest BCUT2D eigenvalue weighted by molar-refractivity contribution is 0.171. The summed E-state index contributed by atoms with van der Waals surface area (Å²) in [5, 5.41) is 13.2. The second-order valence-corrected chi connectivity index (χ2v) is 4.58. The molecule has 0 amide bonds. The number of nitrogens with one attached hydrogen (secondary N) is 1. The van der Waals surface area contributed by atoms with Crippen LogP contribution < -0.4 is 5.32 Å². The Balaban J connectivity index is 1.72. The molecule has 0 fully saturated rings. The van der Waals surface area contributed by atoms with E-state index in [-0.39, 0.29) is 6.10 Å². The van der Waals surface area contributed by atoms with Crippen LogP contribution in [-0.4, -0.2) is 22.3 Å². The van der Waals surface area contributed by atoms with Crippen molar-refractivity contribution in [2.45, 2.75) is 19.1 Å². The van der Waals surface area contributed by atoms with Gasteiger partial charge in [0.1, 0.15) is 0 Å².